The van der Waals surface area contributed by atoms with Crippen LogP contribution in [0.1, 0.15) is 38.2 Å². The Hall–Kier alpha value is -1.02. The highest BCUT2D eigenvalue weighted by atomic mass is 16.3. The summed E-state index contributed by atoms with van der Waals surface area (Å²) in [6.07, 6.45) is 6.27. The lowest BCUT2D eigenvalue weighted by Crippen LogP contribution is -2.26. The first-order valence-corrected chi connectivity index (χ1v) is 6.79. The van der Waals surface area contributed by atoms with Gasteiger partial charge in [-0.15, -0.1) is 0 Å². The predicted molar refractivity (Wildman–Crippen MR) is 71.2 cm³/mol. The van der Waals surface area contributed by atoms with E-state index in [9.17, 15) is 5.11 Å². The van der Waals surface area contributed by atoms with E-state index in [-0.39, 0.29) is 0 Å². The van der Waals surface area contributed by atoms with E-state index in [0.717, 1.165) is 19.0 Å². The van der Waals surface area contributed by atoms with Crippen molar-refractivity contribution in [1.29, 1.82) is 0 Å². The molecule has 1 aromatic carbocycles. The number of hydrogen-bond donors (Lipinski definition) is 2. The van der Waals surface area contributed by atoms with Crippen LogP contribution in [-0.2, 0) is 6.42 Å². The third-order valence-corrected chi connectivity index (χ3v) is 3.40. The second kappa shape index (κ2) is 6.06. The lowest BCUT2D eigenvalue weighted by molar-refractivity contribution is 0.435. The van der Waals surface area contributed by atoms with E-state index in [2.05, 4.69) is 18.3 Å². The molecular formula is C15H23NO. The normalized spacial score (nSPS) is 17.0. The summed E-state index contributed by atoms with van der Waals surface area (Å²) in [5, 5.41) is 13.1. The van der Waals surface area contributed by atoms with Crippen molar-refractivity contribution in [3.8, 4) is 5.75 Å². The Kier molecular flexibility index (Phi) is 4.43. The third-order valence-electron chi connectivity index (χ3n) is 3.40. The molecule has 1 aliphatic carbocycles. The topological polar surface area (TPSA) is 32.3 Å². The van der Waals surface area contributed by atoms with Gasteiger partial charge in [0.15, 0.2) is 0 Å². The maximum Gasteiger partial charge on any atom is 0.115 e. The smallest absolute Gasteiger partial charge is 0.115 e. The van der Waals surface area contributed by atoms with Crippen LogP contribution in [0.25, 0.3) is 0 Å². The van der Waals surface area contributed by atoms with Gasteiger partial charge in [-0.25, -0.2) is 0 Å². The molecule has 0 aliphatic heterocycles. The third kappa shape index (κ3) is 4.39. The maximum absolute atomic E-state index is 9.47. The molecule has 2 heteroatoms. The van der Waals surface area contributed by atoms with Gasteiger partial charge in [0.1, 0.15) is 5.75 Å². The molecule has 2 N–H and O–H groups in total. The van der Waals surface area contributed by atoms with Crippen molar-refractivity contribution in [3.63, 3.8) is 0 Å². The van der Waals surface area contributed by atoms with E-state index in [1.807, 2.05) is 12.1 Å². The molecule has 94 valence electrons. The van der Waals surface area contributed by atoms with Gasteiger partial charge in [0.25, 0.3) is 0 Å². The average Bonchev–Trinajstić information content (AvgIpc) is 3.10. The van der Waals surface area contributed by atoms with E-state index >= 15 is 0 Å². The minimum atomic E-state index is 0.382. The molecule has 1 atom stereocenters. The fraction of sp³-hybridized carbons (Fsp3) is 0.600. The van der Waals surface area contributed by atoms with Crippen LogP contribution in [0.15, 0.2) is 24.3 Å². The van der Waals surface area contributed by atoms with Crippen molar-refractivity contribution in [1.82, 2.24) is 5.32 Å². The summed E-state index contributed by atoms with van der Waals surface area (Å²) < 4.78 is 0. The molecule has 2 nitrogen and oxygen atoms in total. The standard InChI is InChI=1S/C15H23NO/c1-2-4-13(11-16-14-7-8-14)9-12-5-3-6-15(17)10-12/h3,5-6,10,13-14,16-17H,2,4,7-9,11H2,1H3. The molecule has 0 bridgehead atoms. The molecule has 0 aromatic heterocycles. The molecular weight excluding hydrogens is 210 g/mol. The zero-order chi connectivity index (χ0) is 12.1. The first-order chi connectivity index (χ1) is 8.28. The first kappa shape index (κ1) is 12.4. The predicted octanol–water partition coefficient (Wildman–Crippen LogP) is 3.10. The van der Waals surface area contributed by atoms with Crippen LogP contribution in [0.4, 0.5) is 0 Å². The number of phenols is 1. The van der Waals surface area contributed by atoms with Gasteiger partial charge in [0, 0.05) is 6.04 Å². The molecule has 1 aromatic rings. The van der Waals surface area contributed by atoms with E-state index in [4.69, 9.17) is 0 Å². The van der Waals surface area contributed by atoms with Gasteiger partial charge in [-0.3, -0.25) is 0 Å². The molecule has 0 saturated heterocycles. The molecule has 1 fully saturated rings. The largest absolute Gasteiger partial charge is 0.508 e. The van der Waals surface area contributed by atoms with Gasteiger partial charge in [0.05, 0.1) is 0 Å². The number of nitrogens with one attached hydrogen (secondary N) is 1. The van der Waals surface area contributed by atoms with Crippen molar-refractivity contribution in [3.05, 3.63) is 29.8 Å². The molecule has 0 amide bonds. The van der Waals surface area contributed by atoms with Crippen LogP contribution in [0.2, 0.25) is 0 Å². The zero-order valence-electron chi connectivity index (χ0n) is 10.7. The van der Waals surface area contributed by atoms with Gasteiger partial charge in [-0.2, -0.15) is 0 Å². The second-order valence-electron chi connectivity index (χ2n) is 5.21. The van der Waals surface area contributed by atoms with Crippen LogP contribution in [0, 0.1) is 5.92 Å². The Bertz CT molecular complexity index is 347. The molecule has 0 spiro atoms. The Morgan fingerprint density at radius 1 is 1.41 bits per heavy atom. The van der Waals surface area contributed by atoms with Crippen molar-refractivity contribution >= 4 is 0 Å². The van der Waals surface area contributed by atoms with Crippen LogP contribution >= 0.6 is 0 Å². The van der Waals surface area contributed by atoms with Crippen molar-refractivity contribution in [2.45, 2.75) is 45.1 Å². The summed E-state index contributed by atoms with van der Waals surface area (Å²) in [6, 6.07) is 8.46. The van der Waals surface area contributed by atoms with E-state index in [1.54, 1.807) is 6.07 Å². The highest BCUT2D eigenvalue weighted by Gasteiger charge is 2.21. The van der Waals surface area contributed by atoms with Crippen LogP contribution in [-0.4, -0.2) is 17.7 Å². The molecule has 17 heavy (non-hydrogen) atoms. The Morgan fingerprint density at radius 3 is 2.88 bits per heavy atom. The van der Waals surface area contributed by atoms with Crippen LogP contribution in [0.5, 0.6) is 5.75 Å². The fourth-order valence-corrected chi connectivity index (χ4v) is 2.32. The van der Waals surface area contributed by atoms with Gasteiger partial charge < -0.3 is 10.4 Å². The van der Waals surface area contributed by atoms with Crippen LogP contribution in [0.3, 0.4) is 0 Å². The highest BCUT2D eigenvalue weighted by molar-refractivity contribution is 5.27. The summed E-state index contributed by atoms with van der Waals surface area (Å²) in [4.78, 5) is 0. The zero-order valence-corrected chi connectivity index (χ0v) is 10.7. The molecule has 0 heterocycles. The second-order valence-corrected chi connectivity index (χ2v) is 5.21. The maximum atomic E-state index is 9.47. The quantitative estimate of drug-likeness (QED) is 0.758. The highest BCUT2D eigenvalue weighted by Crippen LogP contribution is 2.21. The van der Waals surface area contributed by atoms with Gasteiger partial charge in [-0.1, -0.05) is 25.5 Å². The lowest BCUT2D eigenvalue weighted by Gasteiger charge is -2.17. The van der Waals surface area contributed by atoms with Gasteiger partial charge in [0.2, 0.25) is 0 Å². The summed E-state index contributed by atoms with van der Waals surface area (Å²) in [5.74, 6) is 1.08. The van der Waals surface area contributed by atoms with Crippen LogP contribution < -0.4 is 5.32 Å². The lowest BCUT2D eigenvalue weighted by atomic mass is 9.95. The monoisotopic (exact) mass is 233 g/mol. The number of phenolic OH excluding ortho intramolecular Hbond substituents is 1. The first-order valence-electron chi connectivity index (χ1n) is 6.79. The molecule has 0 radical (unpaired) electrons. The SMILES string of the molecule is CCCC(CNC1CC1)Cc1cccc(O)c1. The summed E-state index contributed by atoms with van der Waals surface area (Å²) in [5.41, 5.74) is 1.25. The molecule has 2 rings (SSSR count). The van der Waals surface area contributed by atoms with Crippen molar-refractivity contribution in [2.24, 2.45) is 5.92 Å². The van der Waals surface area contributed by atoms with Gasteiger partial charge >= 0.3 is 0 Å². The average molecular weight is 233 g/mol. The molecule has 1 aliphatic rings. The van der Waals surface area contributed by atoms with Crippen molar-refractivity contribution < 1.29 is 5.11 Å². The summed E-state index contributed by atoms with van der Waals surface area (Å²) in [6.45, 7) is 3.36. The number of benzene rings is 1. The number of aromatic hydroxyl groups is 1. The minimum Gasteiger partial charge on any atom is -0.508 e. The number of rotatable bonds is 7. The minimum absolute atomic E-state index is 0.382. The van der Waals surface area contributed by atoms with Crippen molar-refractivity contribution in [2.75, 3.05) is 6.54 Å². The Labute approximate surface area is 104 Å². The Morgan fingerprint density at radius 2 is 2.24 bits per heavy atom. The summed E-state index contributed by atoms with van der Waals surface area (Å²) in [7, 11) is 0. The summed E-state index contributed by atoms with van der Waals surface area (Å²) >= 11 is 0. The van der Waals surface area contributed by atoms with E-state index in [0.29, 0.717) is 11.7 Å². The molecule has 1 unspecified atom stereocenters. The molecule has 1 saturated carbocycles. The fourth-order valence-electron chi connectivity index (χ4n) is 2.32. The number of hydrogen-bond acceptors (Lipinski definition) is 2. The Balaban J connectivity index is 1.86. The van der Waals surface area contributed by atoms with Gasteiger partial charge in [-0.05, 0) is 55.8 Å². The van der Waals surface area contributed by atoms with E-state index in [1.165, 1.54) is 31.2 Å². The van der Waals surface area contributed by atoms with E-state index < -0.39 is 0 Å².